The van der Waals surface area contributed by atoms with E-state index in [1.807, 2.05) is 6.92 Å². The molecule has 66 valence electrons. The van der Waals surface area contributed by atoms with Crippen LogP contribution < -0.4 is 5.32 Å². The van der Waals surface area contributed by atoms with Crippen molar-refractivity contribution in [1.29, 1.82) is 0 Å². The molecule has 0 unspecified atom stereocenters. The summed E-state index contributed by atoms with van der Waals surface area (Å²) in [4.78, 5) is 4.32. The highest BCUT2D eigenvalue weighted by Gasteiger charge is 1.86. The van der Waals surface area contributed by atoms with Crippen LogP contribution in [0.1, 0.15) is 40.0 Å². The van der Waals surface area contributed by atoms with Crippen molar-refractivity contribution >= 4 is 5.84 Å². The summed E-state index contributed by atoms with van der Waals surface area (Å²) in [6, 6.07) is 0. The number of nitrogens with one attached hydrogen (secondary N) is 1. The van der Waals surface area contributed by atoms with Gasteiger partial charge in [0.05, 0.1) is 5.84 Å². The summed E-state index contributed by atoms with van der Waals surface area (Å²) in [5.74, 6) is 1.08. The van der Waals surface area contributed by atoms with E-state index >= 15 is 0 Å². The second-order valence-electron chi connectivity index (χ2n) is 2.75. The maximum atomic E-state index is 4.32. The number of amidine groups is 1. The van der Waals surface area contributed by atoms with Gasteiger partial charge in [0.2, 0.25) is 0 Å². The van der Waals surface area contributed by atoms with Crippen LogP contribution in [0.4, 0.5) is 0 Å². The number of unbranched alkanes of at least 4 members (excludes halogenated alkanes) is 1. The molecule has 0 radical (unpaired) electrons. The standard InChI is InChI=1S/C9H20N2/c1-4-6-8-11-9(3)10-7-5-2/h4-8H2,1-3H3,(H,10,11). The van der Waals surface area contributed by atoms with Crippen LogP contribution in [-0.2, 0) is 0 Å². The molecule has 0 aromatic heterocycles. The molecule has 0 rings (SSSR count). The molecule has 0 aliphatic carbocycles. The van der Waals surface area contributed by atoms with Crippen LogP contribution in [-0.4, -0.2) is 18.9 Å². The molecule has 2 nitrogen and oxygen atoms in total. The van der Waals surface area contributed by atoms with Gasteiger partial charge in [-0.3, -0.25) is 4.99 Å². The molecule has 0 aromatic rings. The molecule has 0 atom stereocenters. The molecule has 0 heterocycles. The zero-order valence-electron chi connectivity index (χ0n) is 7.98. The normalized spacial score (nSPS) is 11.7. The number of rotatable bonds is 5. The number of hydrogen-bond donors (Lipinski definition) is 1. The van der Waals surface area contributed by atoms with Crippen molar-refractivity contribution in [3.8, 4) is 0 Å². The molecule has 0 amide bonds. The van der Waals surface area contributed by atoms with Gasteiger partial charge < -0.3 is 5.32 Å². The minimum Gasteiger partial charge on any atom is -0.374 e. The summed E-state index contributed by atoms with van der Waals surface area (Å²) in [6.45, 7) is 8.38. The Morgan fingerprint density at radius 1 is 1.27 bits per heavy atom. The summed E-state index contributed by atoms with van der Waals surface area (Å²) in [5.41, 5.74) is 0. The highest BCUT2D eigenvalue weighted by molar-refractivity contribution is 5.79. The quantitative estimate of drug-likeness (QED) is 0.368. The maximum absolute atomic E-state index is 4.32. The lowest BCUT2D eigenvalue weighted by molar-refractivity contribution is 0.749. The van der Waals surface area contributed by atoms with Crippen LogP contribution >= 0.6 is 0 Å². The second kappa shape index (κ2) is 7.58. The average Bonchev–Trinajstić information content (AvgIpc) is 2.01. The van der Waals surface area contributed by atoms with Crippen molar-refractivity contribution in [2.24, 2.45) is 4.99 Å². The number of nitrogens with zero attached hydrogens (tertiary/aromatic N) is 1. The molecule has 0 aliphatic heterocycles. The van der Waals surface area contributed by atoms with E-state index in [0.717, 1.165) is 25.3 Å². The third-order valence-electron chi connectivity index (χ3n) is 1.48. The predicted molar refractivity (Wildman–Crippen MR) is 51.2 cm³/mol. The van der Waals surface area contributed by atoms with Crippen molar-refractivity contribution < 1.29 is 0 Å². The van der Waals surface area contributed by atoms with Crippen LogP contribution in [0.5, 0.6) is 0 Å². The maximum Gasteiger partial charge on any atom is 0.0931 e. The first kappa shape index (κ1) is 10.5. The average molecular weight is 156 g/mol. The van der Waals surface area contributed by atoms with Gasteiger partial charge in [-0.25, -0.2) is 0 Å². The van der Waals surface area contributed by atoms with E-state index < -0.39 is 0 Å². The van der Waals surface area contributed by atoms with Crippen molar-refractivity contribution in [3.05, 3.63) is 0 Å². The summed E-state index contributed by atoms with van der Waals surface area (Å²) < 4.78 is 0. The van der Waals surface area contributed by atoms with E-state index in [4.69, 9.17) is 0 Å². The zero-order valence-corrected chi connectivity index (χ0v) is 7.98. The van der Waals surface area contributed by atoms with Gasteiger partial charge >= 0.3 is 0 Å². The van der Waals surface area contributed by atoms with Crippen LogP contribution in [0.2, 0.25) is 0 Å². The fourth-order valence-corrected chi connectivity index (χ4v) is 0.781. The first-order chi connectivity index (χ1) is 5.31. The van der Waals surface area contributed by atoms with Crippen LogP contribution in [0.3, 0.4) is 0 Å². The Morgan fingerprint density at radius 3 is 2.55 bits per heavy atom. The molecule has 0 aliphatic rings. The molecule has 0 saturated heterocycles. The summed E-state index contributed by atoms with van der Waals surface area (Å²) >= 11 is 0. The Balaban J connectivity index is 3.27. The van der Waals surface area contributed by atoms with Crippen molar-refractivity contribution in [1.82, 2.24) is 5.32 Å². The van der Waals surface area contributed by atoms with Crippen molar-refractivity contribution in [2.75, 3.05) is 13.1 Å². The highest BCUT2D eigenvalue weighted by Crippen LogP contribution is 1.84. The van der Waals surface area contributed by atoms with E-state index in [1.54, 1.807) is 0 Å². The first-order valence-corrected chi connectivity index (χ1v) is 4.56. The van der Waals surface area contributed by atoms with Crippen LogP contribution in [0.25, 0.3) is 0 Å². The SMILES string of the molecule is CCCCNC(C)=NCCC. The van der Waals surface area contributed by atoms with E-state index in [1.165, 1.54) is 12.8 Å². The van der Waals surface area contributed by atoms with Gasteiger partial charge in [0, 0.05) is 13.1 Å². The van der Waals surface area contributed by atoms with Gasteiger partial charge in [0.1, 0.15) is 0 Å². The molecule has 2 heteroatoms. The van der Waals surface area contributed by atoms with Crippen LogP contribution in [0.15, 0.2) is 4.99 Å². The number of aliphatic imine (C=N–C) groups is 1. The Labute approximate surface area is 70.1 Å². The second-order valence-corrected chi connectivity index (χ2v) is 2.75. The zero-order chi connectivity index (χ0) is 8.53. The summed E-state index contributed by atoms with van der Waals surface area (Å²) in [5, 5.41) is 3.27. The van der Waals surface area contributed by atoms with Crippen molar-refractivity contribution in [3.63, 3.8) is 0 Å². The van der Waals surface area contributed by atoms with Gasteiger partial charge in [-0.1, -0.05) is 20.3 Å². The monoisotopic (exact) mass is 156 g/mol. The summed E-state index contributed by atoms with van der Waals surface area (Å²) in [7, 11) is 0. The third kappa shape index (κ3) is 7.37. The minimum atomic E-state index is 0.949. The van der Waals surface area contributed by atoms with E-state index in [-0.39, 0.29) is 0 Å². The van der Waals surface area contributed by atoms with Gasteiger partial charge in [-0.15, -0.1) is 0 Å². The molecule has 11 heavy (non-hydrogen) atoms. The van der Waals surface area contributed by atoms with E-state index in [0.29, 0.717) is 0 Å². The fraction of sp³-hybridized carbons (Fsp3) is 0.889. The molecule has 0 aromatic carbocycles. The molecule has 0 saturated carbocycles. The van der Waals surface area contributed by atoms with Gasteiger partial charge in [-0.05, 0) is 19.8 Å². The van der Waals surface area contributed by atoms with Crippen molar-refractivity contribution in [2.45, 2.75) is 40.0 Å². The lowest BCUT2D eigenvalue weighted by Crippen LogP contribution is -2.21. The largest absolute Gasteiger partial charge is 0.374 e. The molecule has 0 spiro atoms. The Morgan fingerprint density at radius 2 is 2.00 bits per heavy atom. The molecular weight excluding hydrogens is 136 g/mol. The molecule has 1 N–H and O–H groups in total. The smallest absolute Gasteiger partial charge is 0.0931 e. The first-order valence-electron chi connectivity index (χ1n) is 4.56. The number of hydrogen-bond acceptors (Lipinski definition) is 1. The fourth-order valence-electron chi connectivity index (χ4n) is 0.781. The Kier molecular flexibility index (Phi) is 7.21. The lowest BCUT2D eigenvalue weighted by Gasteiger charge is -2.03. The predicted octanol–water partition coefficient (Wildman–Crippen LogP) is 2.20. The van der Waals surface area contributed by atoms with Gasteiger partial charge in [0.25, 0.3) is 0 Å². The van der Waals surface area contributed by atoms with E-state index in [2.05, 4.69) is 24.2 Å². The summed E-state index contributed by atoms with van der Waals surface area (Å²) in [6.07, 6.45) is 3.61. The Bertz CT molecular complexity index is 108. The minimum absolute atomic E-state index is 0.949. The molecular formula is C9H20N2. The lowest BCUT2D eigenvalue weighted by atomic mass is 10.3. The van der Waals surface area contributed by atoms with E-state index in [9.17, 15) is 0 Å². The molecule has 0 fully saturated rings. The molecule has 0 bridgehead atoms. The van der Waals surface area contributed by atoms with Crippen LogP contribution in [0, 0.1) is 0 Å². The highest BCUT2D eigenvalue weighted by atomic mass is 15.0. The topological polar surface area (TPSA) is 24.4 Å². The Hall–Kier alpha value is -0.530. The van der Waals surface area contributed by atoms with Gasteiger partial charge in [0.15, 0.2) is 0 Å². The van der Waals surface area contributed by atoms with Gasteiger partial charge in [-0.2, -0.15) is 0 Å². The third-order valence-corrected chi connectivity index (χ3v) is 1.48.